The van der Waals surface area contributed by atoms with Crippen molar-refractivity contribution in [2.45, 2.75) is 39.8 Å². The number of carboxylic acid groups (broad SMARTS) is 1. The maximum atomic E-state index is 11.9. The molecule has 0 bridgehead atoms. The maximum absolute atomic E-state index is 11.9. The Morgan fingerprint density at radius 1 is 1.25 bits per heavy atom. The first-order chi connectivity index (χ1) is 9.29. The summed E-state index contributed by atoms with van der Waals surface area (Å²) in [4.78, 5) is 26.0. The summed E-state index contributed by atoms with van der Waals surface area (Å²) in [6.45, 7) is 13.1. The number of urea groups is 1. The van der Waals surface area contributed by atoms with Crippen molar-refractivity contribution >= 4 is 12.0 Å². The predicted molar refractivity (Wildman–Crippen MR) is 79.8 cm³/mol. The van der Waals surface area contributed by atoms with Gasteiger partial charge in [0.25, 0.3) is 0 Å². The number of carbonyl (C=O) groups is 2. The lowest BCUT2D eigenvalue weighted by Gasteiger charge is -2.30. The minimum atomic E-state index is -1.03. The van der Waals surface area contributed by atoms with E-state index in [0.717, 1.165) is 6.54 Å². The van der Waals surface area contributed by atoms with Gasteiger partial charge in [-0.15, -0.1) is 6.58 Å². The number of nitrogens with zero attached hydrogens (tertiary/aromatic N) is 2. The molecule has 0 atom stereocenters. The molecular weight excluding hydrogens is 258 g/mol. The number of hydrogen-bond donors (Lipinski definition) is 2. The molecule has 2 N–H and O–H groups in total. The van der Waals surface area contributed by atoms with Crippen LogP contribution in [0.3, 0.4) is 0 Å². The van der Waals surface area contributed by atoms with E-state index in [1.807, 2.05) is 0 Å². The second-order valence-electron chi connectivity index (χ2n) is 5.22. The van der Waals surface area contributed by atoms with Crippen molar-refractivity contribution in [3.63, 3.8) is 0 Å². The average Bonchev–Trinajstić information content (AvgIpc) is 2.32. The maximum Gasteiger partial charge on any atom is 0.323 e. The van der Waals surface area contributed by atoms with Crippen LogP contribution in [-0.4, -0.2) is 65.2 Å². The lowest BCUT2D eigenvalue weighted by atomic mass is 10.2. The van der Waals surface area contributed by atoms with Gasteiger partial charge in [-0.3, -0.25) is 9.69 Å². The fourth-order valence-corrected chi connectivity index (χ4v) is 2.05. The first-order valence-corrected chi connectivity index (χ1v) is 6.90. The van der Waals surface area contributed by atoms with E-state index in [-0.39, 0.29) is 19.1 Å². The van der Waals surface area contributed by atoms with E-state index < -0.39 is 5.97 Å². The zero-order valence-corrected chi connectivity index (χ0v) is 12.9. The molecule has 0 spiro atoms. The molecular formula is C14H27N3O3. The Morgan fingerprint density at radius 2 is 1.80 bits per heavy atom. The highest BCUT2D eigenvalue weighted by molar-refractivity contribution is 5.80. The lowest BCUT2D eigenvalue weighted by Crippen LogP contribution is -2.47. The summed E-state index contributed by atoms with van der Waals surface area (Å²) in [5.41, 5.74) is 0. The summed E-state index contributed by atoms with van der Waals surface area (Å²) in [7, 11) is 0. The van der Waals surface area contributed by atoms with Gasteiger partial charge in [0, 0.05) is 31.7 Å². The van der Waals surface area contributed by atoms with Gasteiger partial charge in [-0.05, 0) is 27.7 Å². The molecule has 0 unspecified atom stereocenters. The van der Waals surface area contributed by atoms with E-state index in [0.29, 0.717) is 18.6 Å². The Morgan fingerprint density at radius 3 is 2.20 bits per heavy atom. The molecule has 6 nitrogen and oxygen atoms in total. The van der Waals surface area contributed by atoms with Gasteiger partial charge in [0.2, 0.25) is 0 Å². The normalized spacial score (nSPS) is 10.9. The second-order valence-corrected chi connectivity index (χ2v) is 5.22. The highest BCUT2D eigenvalue weighted by Gasteiger charge is 2.16. The molecule has 0 heterocycles. The predicted octanol–water partition coefficient (Wildman–Crippen LogP) is 1.39. The van der Waals surface area contributed by atoms with Crippen LogP contribution in [0.25, 0.3) is 0 Å². The van der Waals surface area contributed by atoms with E-state index in [1.54, 1.807) is 0 Å². The van der Waals surface area contributed by atoms with E-state index >= 15 is 0 Å². The quantitative estimate of drug-likeness (QED) is 0.628. The standard InChI is InChI=1S/C14H27N3O3/c1-6-8-16(10-13(18)19)14(20)15-7-9-17(11(2)3)12(4)5/h6,11-12H,1,7-10H2,2-5H3,(H,15,20)(H,18,19). The fraction of sp³-hybridized carbons (Fsp3) is 0.714. The summed E-state index contributed by atoms with van der Waals surface area (Å²) >= 11 is 0. The summed E-state index contributed by atoms with van der Waals surface area (Å²) < 4.78 is 0. The van der Waals surface area contributed by atoms with Crippen molar-refractivity contribution in [2.75, 3.05) is 26.2 Å². The SMILES string of the molecule is C=CCN(CC(=O)O)C(=O)NCCN(C(C)C)C(C)C. The number of rotatable bonds is 9. The fourth-order valence-electron chi connectivity index (χ4n) is 2.05. The molecule has 0 saturated carbocycles. The van der Waals surface area contributed by atoms with Crippen molar-refractivity contribution in [3.8, 4) is 0 Å². The monoisotopic (exact) mass is 285 g/mol. The van der Waals surface area contributed by atoms with Gasteiger partial charge in [-0.2, -0.15) is 0 Å². The summed E-state index contributed by atoms with van der Waals surface area (Å²) in [5.74, 6) is -1.03. The van der Waals surface area contributed by atoms with E-state index in [2.05, 4.69) is 44.5 Å². The van der Waals surface area contributed by atoms with Crippen LogP contribution in [0, 0.1) is 0 Å². The molecule has 0 aliphatic heterocycles. The van der Waals surface area contributed by atoms with Crippen molar-refractivity contribution in [1.82, 2.24) is 15.1 Å². The van der Waals surface area contributed by atoms with Crippen molar-refractivity contribution in [2.24, 2.45) is 0 Å². The lowest BCUT2D eigenvalue weighted by molar-refractivity contribution is -0.137. The Bertz CT molecular complexity index is 322. The van der Waals surface area contributed by atoms with Gasteiger partial charge >= 0.3 is 12.0 Å². The molecule has 2 amide bonds. The molecule has 0 aromatic rings. The molecule has 0 saturated heterocycles. The van der Waals surface area contributed by atoms with Gasteiger partial charge in [0.15, 0.2) is 0 Å². The number of amides is 2. The van der Waals surface area contributed by atoms with Gasteiger partial charge < -0.3 is 15.3 Å². The molecule has 20 heavy (non-hydrogen) atoms. The smallest absolute Gasteiger partial charge is 0.323 e. The highest BCUT2D eigenvalue weighted by Crippen LogP contribution is 2.03. The van der Waals surface area contributed by atoms with Crippen molar-refractivity contribution in [3.05, 3.63) is 12.7 Å². The van der Waals surface area contributed by atoms with Crippen LogP contribution in [0.15, 0.2) is 12.7 Å². The second kappa shape index (κ2) is 9.36. The minimum Gasteiger partial charge on any atom is -0.480 e. The number of nitrogens with one attached hydrogen (secondary N) is 1. The van der Waals surface area contributed by atoms with Crippen LogP contribution in [0.5, 0.6) is 0 Å². The van der Waals surface area contributed by atoms with Crippen molar-refractivity contribution < 1.29 is 14.7 Å². The third-order valence-electron chi connectivity index (χ3n) is 2.94. The molecule has 0 aliphatic carbocycles. The van der Waals surface area contributed by atoms with Gasteiger partial charge in [-0.25, -0.2) is 4.79 Å². The Balaban J connectivity index is 4.30. The zero-order valence-electron chi connectivity index (χ0n) is 12.9. The van der Waals surface area contributed by atoms with Crippen molar-refractivity contribution in [1.29, 1.82) is 0 Å². The average molecular weight is 285 g/mol. The Labute approximate surface area is 121 Å². The first-order valence-electron chi connectivity index (χ1n) is 6.90. The van der Waals surface area contributed by atoms with Crippen LogP contribution in [0.1, 0.15) is 27.7 Å². The number of aliphatic carboxylic acids is 1. The number of hydrogen-bond acceptors (Lipinski definition) is 3. The number of carbonyl (C=O) groups excluding carboxylic acids is 1. The molecule has 0 aromatic heterocycles. The van der Waals surface area contributed by atoms with Crippen LogP contribution in [0.4, 0.5) is 4.79 Å². The minimum absolute atomic E-state index is 0.218. The molecule has 0 fully saturated rings. The van der Waals surface area contributed by atoms with Crippen LogP contribution in [0.2, 0.25) is 0 Å². The summed E-state index contributed by atoms with van der Waals surface area (Å²) in [6.07, 6.45) is 1.51. The third-order valence-corrected chi connectivity index (χ3v) is 2.94. The Hall–Kier alpha value is -1.56. The topological polar surface area (TPSA) is 72.9 Å². The first kappa shape index (κ1) is 18.4. The van der Waals surface area contributed by atoms with Crippen LogP contribution in [-0.2, 0) is 4.79 Å². The molecule has 0 radical (unpaired) electrons. The molecule has 116 valence electrons. The van der Waals surface area contributed by atoms with E-state index in [1.165, 1.54) is 11.0 Å². The van der Waals surface area contributed by atoms with E-state index in [4.69, 9.17) is 5.11 Å². The molecule has 0 aliphatic rings. The zero-order chi connectivity index (χ0) is 15.7. The van der Waals surface area contributed by atoms with Crippen LogP contribution >= 0.6 is 0 Å². The third kappa shape index (κ3) is 7.13. The van der Waals surface area contributed by atoms with Crippen LogP contribution < -0.4 is 5.32 Å². The molecule has 0 aromatic carbocycles. The molecule has 0 rings (SSSR count). The van der Waals surface area contributed by atoms with Gasteiger partial charge in [0.1, 0.15) is 6.54 Å². The largest absolute Gasteiger partial charge is 0.480 e. The Kier molecular flexibility index (Phi) is 8.63. The molecule has 6 heteroatoms. The number of carboxylic acids is 1. The van der Waals surface area contributed by atoms with Gasteiger partial charge in [0.05, 0.1) is 0 Å². The van der Waals surface area contributed by atoms with Gasteiger partial charge in [-0.1, -0.05) is 6.08 Å². The summed E-state index contributed by atoms with van der Waals surface area (Å²) in [6, 6.07) is 0.421. The highest BCUT2D eigenvalue weighted by atomic mass is 16.4. The summed E-state index contributed by atoms with van der Waals surface area (Å²) in [5, 5.41) is 11.5. The van der Waals surface area contributed by atoms with E-state index in [9.17, 15) is 9.59 Å².